The lowest BCUT2D eigenvalue weighted by Gasteiger charge is -2.21. The van der Waals surface area contributed by atoms with Crippen molar-refractivity contribution in [1.82, 2.24) is 0 Å². The number of nitrogens with zero attached hydrogens (tertiary/aromatic N) is 3. The number of hydrogen-bond acceptors (Lipinski definition) is 3. The Labute approximate surface area is 105 Å². The average Bonchev–Trinajstić information content (AvgIpc) is 2.79. The van der Waals surface area contributed by atoms with Gasteiger partial charge in [0, 0.05) is 23.4 Å². The maximum atomic E-state index is 4.34. The fraction of sp³-hybridized carbons (Fsp3) is 0.0667. The van der Waals surface area contributed by atoms with Crippen LogP contribution in [0.25, 0.3) is 10.8 Å². The Morgan fingerprint density at radius 1 is 1.00 bits per heavy atom. The quantitative estimate of drug-likeness (QED) is 0.687. The molecule has 0 N–H and O–H groups in total. The molecule has 0 aromatic heterocycles. The first-order valence-electron chi connectivity index (χ1n) is 5.96. The summed E-state index contributed by atoms with van der Waals surface area (Å²) in [5.41, 5.74) is 3.41. The predicted octanol–water partition coefficient (Wildman–Crippen LogP) is 2.96. The standard InChI is InChI=1S/C15H11N3/c1-2-4-14-11(3-1)5-6-12-7-16-8-13-9-17-10-18(13)15(12)14/h1-9H,10H2. The van der Waals surface area contributed by atoms with Gasteiger partial charge in [-0.2, -0.15) is 0 Å². The Morgan fingerprint density at radius 3 is 2.94 bits per heavy atom. The minimum Gasteiger partial charge on any atom is -0.318 e. The summed E-state index contributed by atoms with van der Waals surface area (Å²) in [7, 11) is 0. The highest BCUT2D eigenvalue weighted by atomic mass is 15.3. The van der Waals surface area contributed by atoms with Crippen molar-refractivity contribution in [2.75, 3.05) is 11.6 Å². The van der Waals surface area contributed by atoms with Gasteiger partial charge in [-0.15, -0.1) is 0 Å². The number of fused-ring (bicyclic) bond motifs is 5. The fourth-order valence-electron chi connectivity index (χ4n) is 2.54. The average molecular weight is 233 g/mol. The summed E-state index contributed by atoms with van der Waals surface area (Å²) in [6.07, 6.45) is 5.67. The molecular formula is C15H11N3. The van der Waals surface area contributed by atoms with Crippen LogP contribution in [0.5, 0.6) is 0 Å². The van der Waals surface area contributed by atoms with Crippen molar-refractivity contribution in [1.29, 1.82) is 0 Å². The summed E-state index contributed by atoms with van der Waals surface area (Å²) in [6, 6.07) is 12.7. The van der Waals surface area contributed by atoms with Crippen LogP contribution in [0.15, 0.2) is 58.3 Å². The van der Waals surface area contributed by atoms with Crippen LogP contribution >= 0.6 is 0 Å². The van der Waals surface area contributed by atoms with Gasteiger partial charge in [0.25, 0.3) is 0 Å². The highest BCUT2D eigenvalue weighted by Gasteiger charge is 2.21. The van der Waals surface area contributed by atoms with Crippen LogP contribution in [0.1, 0.15) is 5.56 Å². The van der Waals surface area contributed by atoms with Crippen molar-refractivity contribution in [3.05, 3.63) is 53.9 Å². The topological polar surface area (TPSA) is 28.0 Å². The van der Waals surface area contributed by atoms with Crippen LogP contribution < -0.4 is 4.90 Å². The molecular weight excluding hydrogens is 222 g/mol. The van der Waals surface area contributed by atoms with E-state index in [1.807, 2.05) is 18.6 Å². The van der Waals surface area contributed by atoms with E-state index in [4.69, 9.17) is 0 Å². The van der Waals surface area contributed by atoms with Gasteiger partial charge in [0.2, 0.25) is 0 Å². The van der Waals surface area contributed by atoms with Crippen molar-refractivity contribution in [3.63, 3.8) is 0 Å². The number of hydrogen-bond donors (Lipinski definition) is 0. The fourth-order valence-corrected chi connectivity index (χ4v) is 2.54. The van der Waals surface area contributed by atoms with Gasteiger partial charge >= 0.3 is 0 Å². The first-order chi connectivity index (χ1) is 8.93. The summed E-state index contributed by atoms with van der Waals surface area (Å²) in [6.45, 7) is 0.677. The molecule has 0 saturated carbocycles. The van der Waals surface area contributed by atoms with Crippen LogP contribution in [0, 0.1) is 0 Å². The van der Waals surface area contributed by atoms with E-state index < -0.39 is 0 Å². The van der Waals surface area contributed by atoms with Crippen molar-refractivity contribution >= 4 is 28.9 Å². The van der Waals surface area contributed by atoms with Gasteiger partial charge in [-0.25, -0.2) is 0 Å². The van der Waals surface area contributed by atoms with E-state index in [0.717, 1.165) is 11.3 Å². The second-order valence-electron chi connectivity index (χ2n) is 4.44. The van der Waals surface area contributed by atoms with Crippen molar-refractivity contribution in [2.24, 2.45) is 9.98 Å². The summed E-state index contributed by atoms with van der Waals surface area (Å²) in [5, 5.41) is 2.50. The number of anilines is 1. The van der Waals surface area contributed by atoms with Gasteiger partial charge < -0.3 is 4.90 Å². The molecule has 3 heteroatoms. The van der Waals surface area contributed by atoms with E-state index in [2.05, 4.69) is 51.3 Å². The molecule has 0 amide bonds. The lowest BCUT2D eigenvalue weighted by Crippen LogP contribution is -2.18. The molecule has 18 heavy (non-hydrogen) atoms. The van der Waals surface area contributed by atoms with Crippen molar-refractivity contribution < 1.29 is 0 Å². The second kappa shape index (κ2) is 3.53. The number of allylic oxidation sites excluding steroid dienone is 1. The third-order valence-electron chi connectivity index (χ3n) is 3.38. The monoisotopic (exact) mass is 233 g/mol. The molecule has 2 aliphatic rings. The van der Waals surface area contributed by atoms with Gasteiger partial charge in [0.1, 0.15) is 6.67 Å². The molecule has 0 radical (unpaired) electrons. The zero-order chi connectivity index (χ0) is 11.9. The Balaban J connectivity index is 2.09. The molecule has 3 nitrogen and oxygen atoms in total. The van der Waals surface area contributed by atoms with Crippen LogP contribution in [-0.4, -0.2) is 19.1 Å². The highest BCUT2D eigenvalue weighted by molar-refractivity contribution is 6.07. The lowest BCUT2D eigenvalue weighted by atomic mass is 10.0. The molecule has 2 aliphatic heterocycles. The van der Waals surface area contributed by atoms with E-state index in [-0.39, 0.29) is 0 Å². The summed E-state index contributed by atoms with van der Waals surface area (Å²) in [4.78, 5) is 10.9. The molecule has 0 spiro atoms. The maximum Gasteiger partial charge on any atom is 0.115 e. The van der Waals surface area contributed by atoms with E-state index in [9.17, 15) is 0 Å². The lowest BCUT2D eigenvalue weighted by molar-refractivity contribution is 1.01. The largest absolute Gasteiger partial charge is 0.318 e. The highest BCUT2D eigenvalue weighted by Crippen LogP contribution is 2.34. The van der Waals surface area contributed by atoms with E-state index in [1.54, 1.807) is 0 Å². The van der Waals surface area contributed by atoms with Gasteiger partial charge in [-0.3, -0.25) is 9.98 Å². The molecule has 2 heterocycles. The number of rotatable bonds is 0. The SMILES string of the molecule is C1=NC=C2C=NCN2c2c1ccc1ccccc21. The molecule has 0 fully saturated rings. The van der Waals surface area contributed by atoms with Crippen molar-refractivity contribution in [2.45, 2.75) is 0 Å². The molecule has 0 aliphatic carbocycles. The normalized spacial score (nSPS) is 16.4. The predicted molar refractivity (Wildman–Crippen MR) is 75.5 cm³/mol. The third kappa shape index (κ3) is 1.24. The Kier molecular flexibility index (Phi) is 1.88. The summed E-state index contributed by atoms with van der Waals surface area (Å²) < 4.78 is 0. The Hall–Kier alpha value is -2.42. The van der Waals surface area contributed by atoms with Gasteiger partial charge in [0.05, 0.1) is 17.6 Å². The number of benzene rings is 2. The number of aliphatic imine (C=N–C) groups is 2. The zero-order valence-electron chi connectivity index (χ0n) is 9.74. The molecule has 86 valence electrons. The molecule has 2 aromatic rings. The molecule has 4 rings (SSSR count). The van der Waals surface area contributed by atoms with Crippen LogP contribution in [0.3, 0.4) is 0 Å². The van der Waals surface area contributed by atoms with E-state index in [1.165, 1.54) is 16.5 Å². The summed E-state index contributed by atoms with van der Waals surface area (Å²) >= 11 is 0. The molecule has 0 bridgehead atoms. The first-order valence-corrected chi connectivity index (χ1v) is 5.96. The second-order valence-corrected chi connectivity index (χ2v) is 4.44. The Bertz CT molecular complexity index is 726. The van der Waals surface area contributed by atoms with E-state index >= 15 is 0 Å². The first kappa shape index (κ1) is 9.59. The summed E-state index contributed by atoms with van der Waals surface area (Å²) in [5.74, 6) is 0. The van der Waals surface area contributed by atoms with Crippen molar-refractivity contribution in [3.8, 4) is 0 Å². The third-order valence-corrected chi connectivity index (χ3v) is 3.38. The van der Waals surface area contributed by atoms with Gasteiger partial charge in [0.15, 0.2) is 0 Å². The minimum absolute atomic E-state index is 0.677. The van der Waals surface area contributed by atoms with Crippen LogP contribution in [-0.2, 0) is 0 Å². The van der Waals surface area contributed by atoms with Gasteiger partial charge in [-0.1, -0.05) is 36.4 Å². The molecule has 0 saturated heterocycles. The van der Waals surface area contributed by atoms with Crippen LogP contribution in [0.2, 0.25) is 0 Å². The van der Waals surface area contributed by atoms with Crippen LogP contribution in [0.4, 0.5) is 5.69 Å². The zero-order valence-corrected chi connectivity index (χ0v) is 9.74. The molecule has 2 aromatic carbocycles. The van der Waals surface area contributed by atoms with E-state index in [0.29, 0.717) is 6.67 Å². The minimum atomic E-state index is 0.677. The maximum absolute atomic E-state index is 4.34. The molecule has 0 unspecified atom stereocenters. The van der Waals surface area contributed by atoms with Gasteiger partial charge in [-0.05, 0) is 5.39 Å². The Morgan fingerprint density at radius 2 is 1.94 bits per heavy atom. The smallest absolute Gasteiger partial charge is 0.115 e. The molecule has 0 atom stereocenters.